The summed E-state index contributed by atoms with van der Waals surface area (Å²) in [5.74, 6) is 3.22. The summed E-state index contributed by atoms with van der Waals surface area (Å²) in [6.45, 7) is 2.38. The van der Waals surface area contributed by atoms with Crippen molar-refractivity contribution in [3.63, 3.8) is 0 Å². The Balaban J connectivity index is 1.97. The molecule has 2 aliphatic carbocycles. The van der Waals surface area contributed by atoms with Gasteiger partial charge in [-0.05, 0) is 55.0 Å². The van der Waals surface area contributed by atoms with Crippen molar-refractivity contribution in [2.45, 2.75) is 56.9 Å². The average Bonchev–Trinajstić information content (AvgIpc) is 3.18. The summed E-state index contributed by atoms with van der Waals surface area (Å²) in [6.07, 6.45) is 6.85. The van der Waals surface area contributed by atoms with Crippen LogP contribution in [0.15, 0.2) is 18.2 Å². The van der Waals surface area contributed by atoms with Crippen LogP contribution in [-0.4, -0.2) is 20.2 Å². The zero-order valence-electron chi connectivity index (χ0n) is 13.0. The third kappa shape index (κ3) is 2.46. The van der Waals surface area contributed by atoms with Crippen LogP contribution < -0.4 is 10.1 Å². The van der Waals surface area contributed by atoms with Crippen molar-refractivity contribution in [2.24, 2.45) is 5.92 Å². The zero-order valence-corrected chi connectivity index (χ0v) is 13.0. The minimum Gasteiger partial charge on any atom is -0.497 e. The average molecular weight is 273 g/mol. The predicted octanol–water partition coefficient (Wildman–Crippen LogP) is 4.06. The summed E-state index contributed by atoms with van der Waals surface area (Å²) < 4.78 is 5.44. The number of methoxy groups -OCH3 is 1. The summed E-state index contributed by atoms with van der Waals surface area (Å²) in [6, 6.07) is 7.43. The Morgan fingerprint density at radius 1 is 1.10 bits per heavy atom. The second-order valence-electron chi connectivity index (χ2n) is 6.54. The van der Waals surface area contributed by atoms with E-state index in [0.717, 1.165) is 17.6 Å². The molecular weight excluding hydrogens is 246 g/mol. The van der Waals surface area contributed by atoms with Gasteiger partial charge in [-0.1, -0.05) is 32.3 Å². The fourth-order valence-corrected chi connectivity index (χ4v) is 4.12. The summed E-state index contributed by atoms with van der Waals surface area (Å²) in [5.41, 5.74) is 3.10. The fourth-order valence-electron chi connectivity index (χ4n) is 4.12. The van der Waals surface area contributed by atoms with Crippen LogP contribution in [-0.2, 0) is 0 Å². The Morgan fingerprint density at radius 2 is 1.90 bits per heavy atom. The molecule has 0 aliphatic heterocycles. The summed E-state index contributed by atoms with van der Waals surface area (Å²) in [5, 5.41) is 3.53. The first-order chi connectivity index (χ1) is 9.76. The third-order valence-electron chi connectivity index (χ3n) is 5.36. The van der Waals surface area contributed by atoms with E-state index in [0.29, 0.717) is 12.0 Å². The first kappa shape index (κ1) is 13.9. The largest absolute Gasteiger partial charge is 0.497 e. The van der Waals surface area contributed by atoms with Crippen molar-refractivity contribution in [1.82, 2.24) is 5.32 Å². The molecule has 1 N–H and O–H groups in total. The van der Waals surface area contributed by atoms with E-state index in [1.54, 1.807) is 12.7 Å². The number of fused-ring (bicyclic) bond motifs is 3. The van der Waals surface area contributed by atoms with Crippen molar-refractivity contribution in [1.29, 1.82) is 0 Å². The Bertz CT molecular complexity index is 470. The molecule has 2 aliphatic rings. The van der Waals surface area contributed by atoms with E-state index in [4.69, 9.17) is 4.74 Å². The minimum atomic E-state index is 0.650. The first-order valence-corrected chi connectivity index (χ1v) is 8.11. The zero-order chi connectivity index (χ0) is 14.1. The predicted molar refractivity (Wildman–Crippen MR) is 83.6 cm³/mol. The van der Waals surface area contributed by atoms with Crippen LogP contribution in [0, 0.1) is 5.92 Å². The van der Waals surface area contributed by atoms with Crippen LogP contribution in [0.4, 0.5) is 0 Å². The SMILES string of the molecule is CN[C@H]1C2CCCCC[C@H](C)c3cc(OC)ccc3C21. The molecule has 110 valence electrons. The van der Waals surface area contributed by atoms with E-state index in [9.17, 15) is 0 Å². The lowest BCUT2D eigenvalue weighted by Crippen LogP contribution is -2.12. The van der Waals surface area contributed by atoms with E-state index in [-0.39, 0.29) is 0 Å². The molecule has 4 atom stereocenters. The molecule has 0 amide bonds. The van der Waals surface area contributed by atoms with Gasteiger partial charge in [0.1, 0.15) is 5.75 Å². The molecule has 1 saturated carbocycles. The van der Waals surface area contributed by atoms with Crippen molar-refractivity contribution in [3.8, 4) is 5.75 Å². The summed E-state index contributed by atoms with van der Waals surface area (Å²) in [7, 11) is 3.88. The third-order valence-corrected chi connectivity index (χ3v) is 5.36. The molecule has 0 saturated heterocycles. The fraction of sp³-hybridized carbons (Fsp3) is 0.667. The lowest BCUT2D eigenvalue weighted by molar-refractivity contribution is 0.413. The minimum absolute atomic E-state index is 0.650. The molecule has 1 fully saturated rings. The Hall–Kier alpha value is -1.02. The number of likely N-dealkylation sites (N-methyl/N-ethyl adjacent to an activating group) is 1. The van der Waals surface area contributed by atoms with Gasteiger partial charge in [-0.25, -0.2) is 0 Å². The van der Waals surface area contributed by atoms with Crippen LogP contribution in [0.3, 0.4) is 0 Å². The highest BCUT2D eigenvalue weighted by Gasteiger charge is 2.50. The van der Waals surface area contributed by atoms with Gasteiger partial charge >= 0.3 is 0 Å². The molecule has 0 bridgehead atoms. The van der Waals surface area contributed by atoms with Gasteiger partial charge in [0.2, 0.25) is 0 Å². The molecule has 3 rings (SSSR count). The van der Waals surface area contributed by atoms with E-state index < -0.39 is 0 Å². The molecule has 20 heavy (non-hydrogen) atoms. The molecule has 1 aromatic carbocycles. The van der Waals surface area contributed by atoms with Gasteiger partial charge in [-0.15, -0.1) is 0 Å². The van der Waals surface area contributed by atoms with Crippen LogP contribution in [0.2, 0.25) is 0 Å². The van der Waals surface area contributed by atoms with Gasteiger partial charge in [0.25, 0.3) is 0 Å². The van der Waals surface area contributed by atoms with E-state index >= 15 is 0 Å². The molecule has 0 aromatic heterocycles. The van der Waals surface area contributed by atoms with Gasteiger partial charge in [0, 0.05) is 12.0 Å². The highest BCUT2D eigenvalue weighted by atomic mass is 16.5. The van der Waals surface area contributed by atoms with E-state index in [2.05, 4.69) is 37.5 Å². The lowest BCUT2D eigenvalue weighted by Gasteiger charge is -2.19. The van der Waals surface area contributed by atoms with Gasteiger partial charge in [0.15, 0.2) is 0 Å². The van der Waals surface area contributed by atoms with Gasteiger partial charge in [0.05, 0.1) is 7.11 Å². The van der Waals surface area contributed by atoms with Crippen LogP contribution in [0.5, 0.6) is 5.75 Å². The molecule has 2 unspecified atom stereocenters. The number of ether oxygens (including phenoxy) is 1. The molecule has 2 nitrogen and oxygen atoms in total. The van der Waals surface area contributed by atoms with Crippen LogP contribution in [0.1, 0.15) is 62.0 Å². The smallest absolute Gasteiger partial charge is 0.119 e. The Kier molecular flexibility index (Phi) is 4.02. The molecule has 0 spiro atoms. The number of hydrogen-bond donors (Lipinski definition) is 1. The summed E-state index contributed by atoms with van der Waals surface area (Å²) in [4.78, 5) is 0. The maximum atomic E-state index is 5.44. The number of benzene rings is 1. The van der Waals surface area contributed by atoms with Crippen molar-refractivity contribution < 1.29 is 4.74 Å². The first-order valence-electron chi connectivity index (χ1n) is 8.11. The number of hydrogen-bond acceptors (Lipinski definition) is 2. The summed E-state index contributed by atoms with van der Waals surface area (Å²) >= 11 is 0. The highest BCUT2D eigenvalue weighted by molar-refractivity contribution is 5.44. The molecule has 0 heterocycles. The number of nitrogens with one attached hydrogen (secondary N) is 1. The van der Waals surface area contributed by atoms with E-state index in [1.807, 2.05) is 0 Å². The molecule has 2 heteroatoms. The monoisotopic (exact) mass is 273 g/mol. The maximum absolute atomic E-state index is 5.44. The van der Waals surface area contributed by atoms with Gasteiger partial charge in [-0.2, -0.15) is 0 Å². The maximum Gasteiger partial charge on any atom is 0.119 e. The topological polar surface area (TPSA) is 21.3 Å². The van der Waals surface area contributed by atoms with Gasteiger partial charge in [-0.3, -0.25) is 0 Å². The lowest BCUT2D eigenvalue weighted by atomic mass is 9.87. The quantitative estimate of drug-likeness (QED) is 0.877. The van der Waals surface area contributed by atoms with Crippen molar-refractivity contribution in [3.05, 3.63) is 29.3 Å². The molecule has 0 radical (unpaired) electrons. The van der Waals surface area contributed by atoms with Gasteiger partial charge < -0.3 is 10.1 Å². The second kappa shape index (κ2) is 5.77. The molecule has 1 aromatic rings. The van der Waals surface area contributed by atoms with Crippen molar-refractivity contribution >= 4 is 0 Å². The van der Waals surface area contributed by atoms with Crippen molar-refractivity contribution in [2.75, 3.05) is 14.2 Å². The Morgan fingerprint density at radius 3 is 2.65 bits per heavy atom. The van der Waals surface area contributed by atoms with Crippen LogP contribution in [0.25, 0.3) is 0 Å². The number of rotatable bonds is 2. The molecular formula is C18H27NO. The van der Waals surface area contributed by atoms with E-state index in [1.165, 1.54) is 37.7 Å². The second-order valence-corrected chi connectivity index (χ2v) is 6.54. The van der Waals surface area contributed by atoms with Crippen LogP contribution >= 0.6 is 0 Å². The Labute approximate surface area is 122 Å². The highest BCUT2D eigenvalue weighted by Crippen LogP contribution is 2.53. The normalized spacial score (nSPS) is 33.0. The standard InChI is InChI=1S/C18H27NO/c1-12-7-5-4-6-8-15-17(18(15)19-2)14-10-9-13(20-3)11-16(12)14/h9-12,15,17-19H,4-8H2,1-3H3/t12-,15?,17?,18-/m0/s1.